The smallest absolute Gasteiger partial charge is 0.317 e. The lowest BCUT2D eigenvalue weighted by atomic mass is 9.63. The van der Waals surface area contributed by atoms with Gasteiger partial charge in [0.2, 0.25) is 0 Å². The summed E-state index contributed by atoms with van der Waals surface area (Å²) in [7, 11) is 0. The third kappa shape index (κ3) is 3.52. The van der Waals surface area contributed by atoms with Crippen molar-refractivity contribution in [3.8, 4) is 0 Å². The molecule has 0 spiro atoms. The highest BCUT2D eigenvalue weighted by molar-refractivity contribution is 7.10. The predicted molar refractivity (Wildman–Crippen MR) is 87.6 cm³/mol. The molecular formula is C17H22O6S. The Kier molecular flexibility index (Phi) is 5.77. The number of carbonyl (C=O) groups is 3. The minimum absolute atomic E-state index is 0.139. The average Bonchev–Trinajstić information content (AvgIpc) is 2.99. The van der Waals surface area contributed by atoms with Gasteiger partial charge in [-0.1, -0.05) is 6.07 Å². The quantitative estimate of drug-likeness (QED) is 0.642. The fourth-order valence-corrected chi connectivity index (χ4v) is 4.21. The highest BCUT2D eigenvalue weighted by Gasteiger charge is 2.57. The van der Waals surface area contributed by atoms with E-state index in [1.54, 1.807) is 31.4 Å². The van der Waals surface area contributed by atoms with Gasteiger partial charge in [-0.15, -0.1) is 11.3 Å². The van der Waals surface area contributed by atoms with Crippen molar-refractivity contribution in [2.24, 2.45) is 11.8 Å². The standard InChI is InChI=1S/C17H22O6S/c1-4-22-15(19)12-10(18)9-17(3,21)14(16(20)23-5-2)13(12)11-7-6-8-24-11/h6-8,12-14,21H,4-5,9H2,1-3H3/t12-,13+,14+,17+/m1/s1. The molecule has 0 aromatic carbocycles. The lowest BCUT2D eigenvalue weighted by molar-refractivity contribution is -0.172. The summed E-state index contributed by atoms with van der Waals surface area (Å²) >= 11 is 1.33. The number of ether oxygens (including phenoxy) is 2. The van der Waals surface area contributed by atoms with Gasteiger partial charge < -0.3 is 14.6 Å². The molecule has 0 unspecified atom stereocenters. The van der Waals surface area contributed by atoms with E-state index >= 15 is 0 Å². The van der Waals surface area contributed by atoms with Gasteiger partial charge in [-0.05, 0) is 32.2 Å². The maximum absolute atomic E-state index is 12.5. The van der Waals surface area contributed by atoms with Crippen LogP contribution in [-0.4, -0.2) is 41.6 Å². The van der Waals surface area contributed by atoms with E-state index < -0.39 is 41.1 Å². The van der Waals surface area contributed by atoms with Gasteiger partial charge in [-0.25, -0.2) is 0 Å². The Balaban J connectivity index is 2.53. The van der Waals surface area contributed by atoms with E-state index in [2.05, 4.69) is 0 Å². The number of hydrogen-bond donors (Lipinski definition) is 1. The number of carbonyl (C=O) groups excluding carboxylic acids is 3. The zero-order chi connectivity index (χ0) is 17.9. The SMILES string of the molecule is CCOC(=O)[C@@H]1C(=O)C[C@](C)(O)[C@H](C(=O)OCC)[C@H]1c1cccs1. The Morgan fingerprint density at radius 2 is 1.92 bits per heavy atom. The predicted octanol–water partition coefficient (Wildman–Crippen LogP) is 1.91. The molecule has 2 rings (SSSR count). The van der Waals surface area contributed by atoms with Gasteiger partial charge in [0, 0.05) is 17.2 Å². The largest absolute Gasteiger partial charge is 0.466 e. The molecule has 0 radical (unpaired) electrons. The van der Waals surface area contributed by atoms with Crippen molar-refractivity contribution in [1.82, 2.24) is 0 Å². The van der Waals surface area contributed by atoms with E-state index in [9.17, 15) is 19.5 Å². The van der Waals surface area contributed by atoms with Gasteiger partial charge in [-0.3, -0.25) is 14.4 Å². The van der Waals surface area contributed by atoms with Crippen LogP contribution in [0.15, 0.2) is 17.5 Å². The number of ketones is 1. The zero-order valence-corrected chi connectivity index (χ0v) is 14.8. The van der Waals surface area contributed by atoms with Crippen LogP contribution in [0, 0.1) is 11.8 Å². The lowest BCUT2D eigenvalue weighted by Crippen LogP contribution is -2.55. The van der Waals surface area contributed by atoms with Crippen LogP contribution in [0.5, 0.6) is 0 Å². The second-order valence-electron chi connectivity index (χ2n) is 6.00. The van der Waals surface area contributed by atoms with Crippen molar-refractivity contribution >= 4 is 29.1 Å². The van der Waals surface area contributed by atoms with Gasteiger partial charge in [-0.2, -0.15) is 0 Å². The summed E-state index contributed by atoms with van der Waals surface area (Å²) in [5.41, 5.74) is -1.58. The third-order valence-corrected chi connectivity index (χ3v) is 5.19. The van der Waals surface area contributed by atoms with Crippen molar-refractivity contribution in [2.75, 3.05) is 13.2 Å². The van der Waals surface area contributed by atoms with Crippen LogP contribution in [0.3, 0.4) is 0 Å². The van der Waals surface area contributed by atoms with Crippen LogP contribution in [0.4, 0.5) is 0 Å². The molecule has 7 heteroatoms. The Hall–Kier alpha value is -1.73. The van der Waals surface area contributed by atoms with E-state index in [0.717, 1.165) is 0 Å². The van der Waals surface area contributed by atoms with Crippen molar-refractivity contribution in [3.63, 3.8) is 0 Å². The molecule has 0 bridgehead atoms. The molecular weight excluding hydrogens is 332 g/mol. The van der Waals surface area contributed by atoms with Crippen molar-refractivity contribution in [1.29, 1.82) is 0 Å². The fraction of sp³-hybridized carbons (Fsp3) is 0.588. The van der Waals surface area contributed by atoms with Crippen LogP contribution >= 0.6 is 11.3 Å². The Labute approximate surface area is 144 Å². The first kappa shape index (κ1) is 18.6. The number of rotatable bonds is 5. The van der Waals surface area contributed by atoms with Crippen LogP contribution < -0.4 is 0 Å². The van der Waals surface area contributed by atoms with E-state index in [1.165, 1.54) is 18.3 Å². The molecule has 1 aromatic rings. The van der Waals surface area contributed by atoms with Crippen LogP contribution in [0.25, 0.3) is 0 Å². The van der Waals surface area contributed by atoms with Crippen LogP contribution in [-0.2, 0) is 23.9 Å². The summed E-state index contributed by atoms with van der Waals surface area (Å²) in [5.74, 6) is -4.61. The van der Waals surface area contributed by atoms with E-state index in [0.29, 0.717) is 4.88 Å². The number of hydrogen-bond acceptors (Lipinski definition) is 7. The molecule has 6 nitrogen and oxygen atoms in total. The van der Waals surface area contributed by atoms with Gasteiger partial charge in [0.05, 0.1) is 24.7 Å². The summed E-state index contributed by atoms with van der Waals surface area (Å²) in [5, 5.41) is 12.5. The maximum Gasteiger partial charge on any atom is 0.317 e. The molecule has 1 N–H and O–H groups in total. The topological polar surface area (TPSA) is 89.9 Å². The fourth-order valence-electron chi connectivity index (χ4n) is 3.30. The summed E-state index contributed by atoms with van der Waals surface area (Å²) < 4.78 is 10.2. The zero-order valence-electron chi connectivity index (χ0n) is 14.0. The van der Waals surface area contributed by atoms with Crippen LogP contribution in [0.2, 0.25) is 0 Å². The summed E-state index contributed by atoms with van der Waals surface area (Å²) in [6.45, 7) is 5.06. The lowest BCUT2D eigenvalue weighted by Gasteiger charge is -2.43. The van der Waals surface area contributed by atoms with Crippen molar-refractivity contribution in [2.45, 2.75) is 38.7 Å². The number of thiophene rings is 1. The number of aliphatic hydroxyl groups is 1. The van der Waals surface area contributed by atoms with Gasteiger partial charge in [0.15, 0.2) is 5.78 Å². The van der Waals surface area contributed by atoms with Gasteiger partial charge >= 0.3 is 11.9 Å². The molecule has 1 aromatic heterocycles. The Bertz CT molecular complexity index is 607. The highest BCUT2D eigenvalue weighted by Crippen LogP contribution is 2.47. The third-order valence-electron chi connectivity index (χ3n) is 4.22. The van der Waals surface area contributed by atoms with Crippen LogP contribution in [0.1, 0.15) is 38.0 Å². The highest BCUT2D eigenvalue weighted by atomic mass is 32.1. The average molecular weight is 354 g/mol. The first-order valence-electron chi connectivity index (χ1n) is 7.95. The molecule has 0 amide bonds. The van der Waals surface area contributed by atoms with E-state index in [-0.39, 0.29) is 19.6 Å². The second-order valence-corrected chi connectivity index (χ2v) is 6.98. The van der Waals surface area contributed by atoms with Crippen molar-refractivity contribution in [3.05, 3.63) is 22.4 Å². The molecule has 132 valence electrons. The first-order valence-corrected chi connectivity index (χ1v) is 8.83. The molecule has 4 atom stereocenters. The monoisotopic (exact) mass is 354 g/mol. The van der Waals surface area contributed by atoms with Crippen molar-refractivity contribution < 1.29 is 29.0 Å². The van der Waals surface area contributed by atoms with E-state index in [1.807, 2.05) is 0 Å². The molecule has 1 aliphatic carbocycles. The van der Waals surface area contributed by atoms with Gasteiger partial charge in [0.1, 0.15) is 5.92 Å². The summed E-state index contributed by atoms with van der Waals surface area (Å²) in [4.78, 5) is 38.1. The minimum atomic E-state index is -1.58. The first-order chi connectivity index (χ1) is 11.3. The summed E-state index contributed by atoms with van der Waals surface area (Å²) in [6, 6.07) is 3.53. The van der Waals surface area contributed by atoms with Gasteiger partial charge in [0.25, 0.3) is 0 Å². The van der Waals surface area contributed by atoms with E-state index in [4.69, 9.17) is 9.47 Å². The maximum atomic E-state index is 12.5. The normalized spacial score (nSPS) is 30.0. The second kappa shape index (κ2) is 7.44. The molecule has 1 aliphatic rings. The molecule has 0 saturated heterocycles. The number of esters is 2. The molecule has 1 saturated carbocycles. The Morgan fingerprint density at radius 1 is 1.29 bits per heavy atom. The Morgan fingerprint density at radius 3 is 2.46 bits per heavy atom. The molecule has 24 heavy (non-hydrogen) atoms. The molecule has 1 fully saturated rings. The molecule has 0 aliphatic heterocycles. The summed E-state index contributed by atoms with van der Waals surface area (Å²) in [6.07, 6.45) is -0.290. The minimum Gasteiger partial charge on any atom is -0.466 e. The number of Topliss-reactive ketones (excluding diaryl/α,β-unsaturated/α-hetero) is 1. The molecule has 1 heterocycles.